The van der Waals surface area contributed by atoms with Crippen molar-refractivity contribution in [3.8, 4) is 0 Å². The second-order valence-corrected chi connectivity index (χ2v) is 5.14. The van der Waals surface area contributed by atoms with Crippen molar-refractivity contribution in [2.45, 2.75) is 32.8 Å². The van der Waals surface area contributed by atoms with Crippen LogP contribution in [0.2, 0.25) is 5.02 Å². The van der Waals surface area contributed by atoms with E-state index in [9.17, 15) is 0 Å². The first kappa shape index (κ1) is 12.7. The minimum atomic E-state index is 0.191. The molecule has 0 bridgehead atoms. The van der Waals surface area contributed by atoms with E-state index < -0.39 is 0 Å². The molecule has 1 fully saturated rings. The highest BCUT2D eigenvalue weighted by Crippen LogP contribution is 2.32. The molecule has 4 heteroatoms. The van der Waals surface area contributed by atoms with Crippen LogP contribution >= 0.6 is 11.6 Å². The van der Waals surface area contributed by atoms with Crippen LogP contribution in [0.1, 0.15) is 24.0 Å². The molecule has 0 unspecified atom stereocenters. The van der Waals surface area contributed by atoms with Gasteiger partial charge in [-0.25, -0.2) is 5.90 Å². The Kier molecular flexibility index (Phi) is 3.92. The molecular weight excluding hydrogens is 236 g/mol. The van der Waals surface area contributed by atoms with Gasteiger partial charge in [-0.1, -0.05) is 17.7 Å². The third kappa shape index (κ3) is 2.73. The summed E-state index contributed by atoms with van der Waals surface area (Å²) in [6.45, 7) is 6.08. The summed E-state index contributed by atoms with van der Waals surface area (Å²) >= 11 is 6.34. The smallest absolute Gasteiger partial charge is 0.0821 e. The number of piperidine rings is 1. The maximum absolute atomic E-state index is 6.34. The minimum Gasteiger partial charge on any atom is -0.370 e. The van der Waals surface area contributed by atoms with E-state index in [0.717, 1.165) is 36.6 Å². The molecule has 0 aromatic heterocycles. The molecule has 1 aliphatic heterocycles. The molecule has 1 aliphatic rings. The van der Waals surface area contributed by atoms with E-state index in [0.29, 0.717) is 0 Å². The van der Waals surface area contributed by atoms with Crippen molar-refractivity contribution < 1.29 is 4.84 Å². The van der Waals surface area contributed by atoms with Crippen LogP contribution < -0.4 is 10.8 Å². The van der Waals surface area contributed by atoms with E-state index in [1.165, 1.54) is 11.1 Å². The van der Waals surface area contributed by atoms with Crippen molar-refractivity contribution in [3.63, 3.8) is 0 Å². The largest absolute Gasteiger partial charge is 0.370 e. The highest BCUT2D eigenvalue weighted by Gasteiger charge is 2.22. The second-order valence-electron chi connectivity index (χ2n) is 4.73. The molecule has 0 amide bonds. The first-order valence-corrected chi connectivity index (χ1v) is 6.37. The van der Waals surface area contributed by atoms with Crippen molar-refractivity contribution in [1.82, 2.24) is 0 Å². The van der Waals surface area contributed by atoms with Gasteiger partial charge in [-0.15, -0.1) is 0 Å². The topological polar surface area (TPSA) is 38.5 Å². The zero-order valence-electron chi connectivity index (χ0n) is 10.4. The lowest BCUT2D eigenvalue weighted by molar-refractivity contribution is 0.0367. The fraction of sp³-hybridized carbons (Fsp3) is 0.538. The molecule has 0 spiro atoms. The van der Waals surface area contributed by atoms with Crippen LogP contribution in [-0.4, -0.2) is 19.2 Å². The van der Waals surface area contributed by atoms with Gasteiger partial charge in [0.05, 0.1) is 16.8 Å². The first-order valence-electron chi connectivity index (χ1n) is 5.99. The average Bonchev–Trinajstić information content (AvgIpc) is 2.28. The normalized spacial score (nSPS) is 17.5. The van der Waals surface area contributed by atoms with Gasteiger partial charge >= 0.3 is 0 Å². The number of halogens is 1. The molecule has 1 aromatic carbocycles. The maximum atomic E-state index is 6.34. The number of hydrogen-bond acceptors (Lipinski definition) is 3. The van der Waals surface area contributed by atoms with Crippen molar-refractivity contribution in [2.24, 2.45) is 5.90 Å². The highest BCUT2D eigenvalue weighted by molar-refractivity contribution is 6.33. The number of nitrogens with zero attached hydrogens (tertiary/aromatic N) is 1. The zero-order valence-corrected chi connectivity index (χ0v) is 11.1. The molecule has 2 N–H and O–H groups in total. The number of benzene rings is 1. The standard InChI is InChI=1S/C13H19ClN2O/c1-9-7-10(2)13(12(14)8-9)16-5-3-11(17-15)4-6-16/h7-8,11H,3-6,15H2,1-2H3. The Bertz CT molecular complexity index is 377. The maximum Gasteiger partial charge on any atom is 0.0821 e. The van der Waals surface area contributed by atoms with Gasteiger partial charge in [0.2, 0.25) is 0 Å². The Labute approximate surface area is 107 Å². The van der Waals surface area contributed by atoms with Crippen LogP contribution in [0.15, 0.2) is 12.1 Å². The van der Waals surface area contributed by atoms with E-state index in [4.69, 9.17) is 22.3 Å². The van der Waals surface area contributed by atoms with Gasteiger partial charge in [0.1, 0.15) is 0 Å². The van der Waals surface area contributed by atoms with E-state index in [2.05, 4.69) is 24.8 Å². The number of hydrogen-bond donors (Lipinski definition) is 1. The molecule has 0 radical (unpaired) electrons. The van der Waals surface area contributed by atoms with Gasteiger partial charge in [0, 0.05) is 13.1 Å². The van der Waals surface area contributed by atoms with Crippen molar-refractivity contribution in [1.29, 1.82) is 0 Å². The Morgan fingerprint density at radius 1 is 1.29 bits per heavy atom. The molecule has 0 saturated carbocycles. The summed E-state index contributed by atoms with van der Waals surface area (Å²) in [5, 5.41) is 0.842. The lowest BCUT2D eigenvalue weighted by atomic mass is 10.0. The van der Waals surface area contributed by atoms with Crippen LogP contribution in [0.25, 0.3) is 0 Å². The lowest BCUT2D eigenvalue weighted by Crippen LogP contribution is -2.38. The summed E-state index contributed by atoms with van der Waals surface area (Å²) in [7, 11) is 0. The van der Waals surface area contributed by atoms with Crippen LogP contribution in [0, 0.1) is 13.8 Å². The lowest BCUT2D eigenvalue weighted by Gasteiger charge is -2.34. The Hall–Kier alpha value is -0.770. The molecule has 17 heavy (non-hydrogen) atoms. The predicted molar refractivity (Wildman–Crippen MR) is 71.4 cm³/mol. The fourth-order valence-corrected chi connectivity index (χ4v) is 2.96. The van der Waals surface area contributed by atoms with Crippen molar-refractivity contribution in [3.05, 3.63) is 28.3 Å². The molecule has 1 heterocycles. The van der Waals surface area contributed by atoms with Gasteiger partial charge in [-0.05, 0) is 43.9 Å². The molecule has 94 valence electrons. The van der Waals surface area contributed by atoms with Gasteiger partial charge < -0.3 is 9.74 Å². The summed E-state index contributed by atoms with van der Waals surface area (Å²) in [5.41, 5.74) is 3.60. The summed E-state index contributed by atoms with van der Waals surface area (Å²) in [6.07, 6.45) is 2.11. The molecule has 2 rings (SSSR count). The predicted octanol–water partition coefficient (Wildman–Crippen LogP) is 2.82. The SMILES string of the molecule is Cc1cc(C)c(N2CCC(ON)CC2)c(Cl)c1. The Morgan fingerprint density at radius 2 is 1.94 bits per heavy atom. The Balaban J connectivity index is 2.18. The highest BCUT2D eigenvalue weighted by atomic mass is 35.5. The van der Waals surface area contributed by atoms with E-state index in [1.54, 1.807) is 0 Å². The van der Waals surface area contributed by atoms with Gasteiger partial charge in [-0.3, -0.25) is 0 Å². The fourth-order valence-electron chi connectivity index (χ4n) is 2.52. The van der Waals surface area contributed by atoms with Gasteiger partial charge in [0.15, 0.2) is 0 Å². The van der Waals surface area contributed by atoms with E-state index >= 15 is 0 Å². The molecule has 1 aromatic rings. The van der Waals surface area contributed by atoms with Crippen LogP contribution in [0.5, 0.6) is 0 Å². The van der Waals surface area contributed by atoms with Crippen LogP contribution in [0.4, 0.5) is 5.69 Å². The molecular formula is C13H19ClN2O. The number of rotatable bonds is 2. The molecule has 0 aliphatic carbocycles. The van der Waals surface area contributed by atoms with Crippen LogP contribution in [-0.2, 0) is 4.84 Å². The summed E-state index contributed by atoms with van der Waals surface area (Å²) in [5.74, 6) is 5.22. The summed E-state index contributed by atoms with van der Waals surface area (Å²) in [4.78, 5) is 7.22. The molecule has 0 atom stereocenters. The molecule has 1 saturated heterocycles. The van der Waals surface area contributed by atoms with Crippen LogP contribution in [0.3, 0.4) is 0 Å². The van der Waals surface area contributed by atoms with Gasteiger partial charge in [0.25, 0.3) is 0 Å². The van der Waals surface area contributed by atoms with Crippen molar-refractivity contribution in [2.75, 3.05) is 18.0 Å². The molecule has 3 nitrogen and oxygen atoms in total. The number of nitrogens with two attached hydrogens (primary N) is 1. The quantitative estimate of drug-likeness (QED) is 0.825. The number of anilines is 1. The van der Waals surface area contributed by atoms with Crippen molar-refractivity contribution >= 4 is 17.3 Å². The van der Waals surface area contributed by atoms with E-state index in [1.807, 2.05) is 6.07 Å². The summed E-state index contributed by atoms with van der Waals surface area (Å²) in [6, 6.07) is 4.20. The monoisotopic (exact) mass is 254 g/mol. The second kappa shape index (κ2) is 5.25. The van der Waals surface area contributed by atoms with E-state index in [-0.39, 0.29) is 6.10 Å². The minimum absolute atomic E-state index is 0.191. The first-order chi connectivity index (χ1) is 8.11. The third-order valence-corrected chi connectivity index (χ3v) is 3.64. The number of aryl methyl sites for hydroxylation is 2. The Morgan fingerprint density at radius 3 is 2.47 bits per heavy atom. The summed E-state index contributed by atoms with van der Waals surface area (Å²) < 4.78 is 0. The average molecular weight is 255 g/mol. The van der Waals surface area contributed by atoms with Gasteiger partial charge in [-0.2, -0.15) is 0 Å². The zero-order chi connectivity index (χ0) is 12.4. The third-order valence-electron chi connectivity index (χ3n) is 3.35.